The van der Waals surface area contributed by atoms with Crippen molar-refractivity contribution in [3.05, 3.63) is 42.9 Å². The van der Waals surface area contributed by atoms with Crippen LogP contribution in [-0.2, 0) is 9.47 Å². The topological polar surface area (TPSA) is 98.1 Å². The van der Waals surface area contributed by atoms with Gasteiger partial charge in [0, 0.05) is 31.1 Å². The van der Waals surface area contributed by atoms with Crippen molar-refractivity contribution < 1.29 is 19.1 Å². The molecule has 0 atom stereocenters. The second kappa shape index (κ2) is 8.63. The summed E-state index contributed by atoms with van der Waals surface area (Å²) >= 11 is 0. The van der Waals surface area contributed by atoms with E-state index in [4.69, 9.17) is 9.47 Å². The Labute approximate surface area is 181 Å². The summed E-state index contributed by atoms with van der Waals surface area (Å²) in [6.07, 6.45) is 3.88. The van der Waals surface area contributed by atoms with E-state index in [2.05, 4.69) is 15.4 Å². The number of amides is 2. The summed E-state index contributed by atoms with van der Waals surface area (Å²) in [5, 5.41) is 6.97. The molecule has 0 fully saturated rings. The van der Waals surface area contributed by atoms with Crippen LogP contribution in [0.4, 0.5) is 21.1 Å². The van der Waals surface area contributed by atoms with Crippen molar-refractivity contribution in [2.75, 3.05) is 17.3 Å². The van der Waals surface area contributed by atoms with E-state index < -0.39 is 17.8 Å². The number of hydrogen-bond acceptors (Lipinski definition) is 6. The maximum Gasteiger partial charge on any atom is 0.414 e. The molecule has 0 radical (unpaired) electrons. The maximum absolute atomic E-state index is 12.2. The fourth-order valence-electron chi connectivity index (χ4n) is 2.80. The largest absolute Gasteiger partial charge is 0.446 e. The summed E-state index contributed by atoms with van der Waals surface area (Å²) in [5.74, 6) is 0.384. The van der Waals surface area contributed by atoms with Crippen LogP contribution < -0.4 is 10.2 Å². The van der Waals surface area contributed by atoms with Gasteiger partial charge in [0.2, 0.25) is 0 Å². The van der Waals surface area contributed by atoms with Gasteiger partial charge in [-0.2, -0.15) is 0 Å². The zero-order valence-electron chi connectivity index (χ0n) is 18.5. The van der Waals surface area contributed by atoms with E-state index in [9.17, 15) is 9.59 Å². The Bertz CT molecular complexity index is 1100. The molecule has 0 aliphatic carbocycles. The molecule has 0 saturated carbocycles. The Morgan fingerprint density at radius 1 is 1.13 bits per heavy atom. The summed E-state index contributed by atoms with van der Waals surface area (Å²) in [6.45, 7) is 8.99. The highest BCUT2D eigenvalue weighted by atomic mass is 16.6. The molecular formula is C22H27N5O4. The summed E-state index contributed by atoms with van der Waals surface area (Å²) in [6, 6.07) is 7.40. The number of rotatable bonds is 4. The van der Waals surface area contributed by atoms with Crippen LogP contribution in [0, 0.1) is 0 Å². The third-order valence-corrected chi connectivity index (χ3v) is 4.15. The molecule has 9 nitrogen and oxygen atoms in total. The minimum Gasteiger partial charge on any atom is -0.446 e. The first kappa shape index (κ1) is 22.1. The Kier molecular flexibility index (Phi) is 6.14. The van der Waals surface area contributed by atoms with Gasteiger partial charge in [0.25, 0.3) is 0 Å². The van der Waals surface area contributed by atoms with Crippen molar-refractivity contribution in [2.45, 2.75) is 46.3 Å². The molecule has 3 aromatic rings. The summed E-state index contributed by atoms with van der Waals surface area (Å²) in [7, 11) is 1.64. The van der Waals surface area contributed by atoms with E-state index in [0.717, 1.165) is 16.6 Å². The molecule has 0 saturated heterocycles. The lowest BCUT2D eigenvalue weighted by molar-refractivity contribution is 0.0635. The Balaban J connectivity index is 1.82. The van der Waals surface area contributed by atoms with Gasteiger partial charge in [0.15, 0.2) is 5.82 Å². The third-order valence-electron chi connectivity index (χ3n) is 4.15. The SMILES string of the molecule is CC(C)OC(=O)N(C)c1cncc(-c2ccn3nc(NC(=O)OC(C)(C)C)cc3c2)c1. The van der Waals surface area contributed by atoms with Crippen molar-refractivity contribution in [1.29, 1.82) is 0 Å². The highest BCUT2D eigenvalue weighted by Gasteiger charge is 2.18. The van der Waals surface area contributed by atoms with Crippen LogP contribution in [0.1, 0.15) is 34.6 Å². The first-order valence-electron chi connectivity index (χ1n) is 9.91. The molecule has 3 aromatic heterocycles. The van der Waals surface area contributed by atoms with Crippen LogP contribution in [0.3, 0.4) is 0 Å². The Morgan fingerprint density at radius 3 is 2.55 bits per heavy atom. The number of ether oxygens (including phenoxy) is 2. The van der Waals surface area contributed by atoms with E-state index in [1.54, 1.807) is 70.8 Å². The van der Waals surface area contributed by atoms with Gasteiger partial charge in [-0.25, -0.2) is 14.1 Å². The monoisotopic (exact) mass is 425 g/mol. The molecule has 0 bridgehead atoms. The van der Waals surface area contributed by atoms with Crippen LogP contribution in [0.5, 0.6) is 0 Å². The maximum atomic E-state index is 12.2. The fourth-order valence-corrected chi connectivity index (χ4v) is 2.80. The van der Waals surface area contributed by atoms with Crippen LogP contribution in [0.25, 0.3) is 16.6 Å². The summed E-state index contributed by atoms with van der Waals surface area (Å²) < 4.78 is 12.1. The van der Waals surface area contributed by atoms with Gasteiger partial charge >= 0.3 is 12.2 Å². The van der Waals surface area contributed by atoms with Crippen LogP contribution >= 0.6 is 0 Å². The molecule has 0 aliphatic rings. The highest BCUT2D eigenvalue weighted by molar-refractivity contribution is 5.88. The molecule has 1 N–H and O–H groups in total. The first-order valence-corrected chi connectivity index (χ1v) is 9.91. The lowest BCUT2D eigenvalue weighted by Gasteiger charge is -2.19. The van der Waals surface area contributed by atoms with Gasteiger partial charge in [0.05, 0.1) is 23.5 Å². The van der Waals surface area contributed by atoms with Crippen molar-refractivity contribution in [2.24, 2.45) is 0 Å². The number of carbonyl (C=O) groups is 2. The molecule has 2 amide bonds. The fraction of sp³-hybridized carbons (Fsp3) is 0.364. The van der Waals surface area contributed by atoms with Crippen LogP contribution in [-0.4, -0.2) is 45.5 Å². The number of fused-ring (bicyclic) bond motifs is 1. The smallest absolute Gasteiger partial charge is 0.414 e. The van der Waals surface area contributed by atoms with Gasteiger partial charge in [0.1, 0.15) is 5.60 Å². The van der Waals surface area contributed by atoms with Gasteiger partial charge in [-0.05, 0) is 58.4 Å². The zero-order valence-corrected chi connectivity index (χ0v) is 18.5. The van der Waals surface area contributed by atoms with Crippen molar-refractivity contribution in [1.82, 2.24) is 14.6 Å². The van der Waals surface area contributed by atoms with Crippen molar-refractivity contribution in [3.8, 4) is 11.1 Å². The first-order chi connectivity index (χ1) is 14.5. The average Bonchev–Trinajstić information content (AvgIpc) is 3.06. The van der Waals surface area contributed by atoms with Gasteiger partial charge in [-0.15, -0.1) is 5.10 Å². The lowest BCUT2D eigenvalue weighted by Crippen LogP contribution is -2.29. The quantitative estimate of drug-likeness (QED) is 0.649. The minimum absolute atomic E-state index is 0.209. The van der Waals surface area contributed by atoms with E-state index in [1.807, 2.05) is 18.2 Å². The van der Waals surface area contributed by atoms with Crippen molar-refractivity contribution >= 4 is 29.2 Å². The van der Waals surface area contributed by atoms with E-state index in [0.29, 0.717) is 11.5 Å². The zero-order chi connectivity index (χ0) is 22.8. The van der Waals surface area contributed by atoms with Crippen molar-refractivity contribution in [3.63, 3.8) is 0 Å². The molecule has 0 unspecified atom stereocenters. The second-order valence-corrected chi connectivity index (χ2v) is 8.36. The third kappa shape index (κ3) is 5.71. The molecule has 164 valence electrons. The number of aromatic nitrogens is 3. The number of pyridine rings is 2. The molecule has 31 heavy (non-hydrogen) atoms. The Morgan fingerprint density at radius 2 is 1.87 bits per heavy atom. The highest BCUT2D eigenvalue weighted by Crippen LogP contribution is 2.25. The number of carbonyl (C=O) groups excluding carboxylic acids is 2. The molecule has 0 spiro atoms. The molecule has 0 aliphatic heterocycles. The molecular weight excluding hydrogens is 398 g/mol. The minimum atomic E-state index is -0.594. The van der Waals surface area contributed by atoms with Crippen LogP contribution in [0.2, 0.25) is 0 Å². The number of nitrogens with zero attached hydrogens (tertiary/aromatic N) is 4. The Hall–Kier alpha value is -3.62. The number of hydrogen-bond donors (Lipinski definition) is 1. The molecule has 9 heteroatoms. The van der Waals surface area contributed by atoms with E-state index in [1.165, 1.54) is 4.90 Å². The predicted molar refractivity (Wildman–Crippen MR) is 118 cm³/mol. The average molecular weight is 425 g/mol. The van der Waals surface area contributed by atoms with Gasteiger partial charge < -0.3 is 9.47 Å². The summed E-state index contributed by atoms with van der Waals surface area (Å²) in [4.78, 5) is 29.8. The molecule has 3 heterocycles. The lowest BCUT2D eigenvalue weighted by atomic mass is 10.1. The standard InChI is InChI=1S/C22H27N5O4/c1-14(2)30-21(29)26(6)18-10-16(12-23-13-18)15-7-8-27-17(9-15)11-19(25-27)24-20(28)31-22(3,4)5/h7-14H,1-6H3,(H,24,25,28). The second-order valence-electron chi connectivity index (χ2n) is 8.36. The predicted octanol–water partition coefficient (Wildman–Crippen LogP) is 4.72. The van der Waals surface area contributed by atoms with Crippen LogP contribution in [0.15, 0.2) is 42.9 Å². The van der Waals surface area contributed by atoms with E-state index >= 15 is 0 Å². The normalized spacial score (nSPS) is 11.5. The number of nitrogens with one attached hydrogen (secondary N) is 1. The van der Waals surface area contributed by atoms with Gasteiger partial charge in [-0.3, -0.25) is 15.2 Å². The summed E-state index contributed by atoms with van der Waals surface area (Å²) in [5.41, 5.74) is 2.51. The number of anilines is 2. The van der Waals surface area contributed by atoms with E-state index in [-0.39, 0.29) is 6.10 Å². The molecule has 3 rings (SSSR count). The molecule has 0 aromatic carbocycles. The van der Waals surface area contributed by atoms with Gasteiger partial charge in [-0.1, -0.05) is 0 Å².